The molecule has 2 amide bonds. The lowest BCUT2D eigenvalue weighted by Gasteiger charge is -2.32. The summed E-state index contributed by atoms with van der Waals surface area (Å²) in [5.41, 5.74) is 0. The van der Waals surface area contributed by atoms with Crippen molar-refractivity contribution in [1.82, 2.24) is 25.0 Å². The molecule has 1 atom stereocenters. The molecule has 8 heteroatoms. The van der Waals surface area contributed by atoms with Crippen molar-refractivity contribution in [2.24, 2.45) is 0 Å². The standard InChI is InChI=1S/C14H19N5O3/c20-13(11-7-15-14(21)22-11)18-5-3-9(4-6-18)12-17-16-8-19(12)10-1-2-10/h8-11H,1-7H2,(H,15,21)/t11-/m0/s1. The van der Waals surface area contributed by atoms with Crippen LogP contribution in [0.2, 0.25) is 0 Å². The molecule has 0 aromatic carbocycles. The topological polar surface area (TPSA) is 89.4 Å². The number of likely N-dealkylation sites (tertiary alicyclic amines) is 1. The van der Waals surface area contributed by atoms with Gasteiger partial charge in [0.05, 0.1) is 6.54 Å². The van der Waals surface area contributed by atoms with E-state index in [9.17, 15) is 9.59 Å². The van der Waals surface area contributed by atoms with E-state index in [-0.39, 0.29) is 12.5 Å². The maximum atomic E-state index is 12.3. The SMILES string of the molecule is O=C1NC[C@@H](C(=O)N2CCC(c3nncn3C3CC3)CC2)O1. The third-order valence-electron chi connectivity index (χ3n) is 4.67. The van der Waals surface area contributed by atoms with Gasteiger partial charge >= 0.3 is 6.09 Å². The summed E-state index contributed by atoms with van der Waals surface area (Å²) < 4.78 is 7.17. The summed E-state index contributed by atoms with van der Waals surface area (Å²) in [5, 5.41) is 10.9. The largest absolute Gasteiger partial charge is 0.434 e. The van der Waals surface area contributed by atoms with E-state index in [1.165, 1.54) is 12.8 Å². The average molecular weight is 305 g/mol. The number of hydrogen-bond donors (Lipinski definition) is 1. The Morgan fingerprint density at radius 3 is 2.68 bits per heavy atom. The zero-order valence-corrected chi connectivity index (χ0v) is 12.3. The van der Waals surface area contributed by atoms with E-state index in [1.54, 1.807) is 4.90 Å². The zero-order chi connectivity index (χ0) is 15.1. The van der Waals surface area contributed by atoms with Crippen molar-refractivity contribution in [2.45, 2.75) is 43.7 Å². The predicted octanol–water partition coefficient (Wildman–Crippen LogP) is 0.427. The highest BCUT2D eigenvalue weighted by Gasteiger charge is 2.36. The van der Waals surface area contributed by atoms with Gasteiger partial charge in [0, 0.05) is 25.0 Å². The summed E-state index contributed by atoms with van der Waals surface area (Å²) in [4.78, 5) is 25.1. The van der Waals surface area contributed by atoms with E-state index in [4.69, 9.17) is 4.74 Å². The molecule has 3 heterocycles. The number of amides is 2. The normalized spacial score (nSPS) is 25.9. The molecule has 2 aliphatic heterocycles. The second kappa shape index (κ2) is 5.26. The van der Waals surface area contributed by atoms with E-state index in [0.717, 1.165) is 18.7 Å². The Morgan fingerprint density at radius 2 is 2.05 bits per heavy atom. The molecule has 0 radical (unpaired) electrons. The first kappa shape index (κ1) is 13.5. The summed E-state index contributed by atoms with van der Waals surface area (Å²) in [6, 6.07) is 0.577. The second-order valence-corrected chi connectivity index (χ2v) is 6.20. The molecule has 3 aliphatic rings. The number of aromatic nitrogens is 3. The van der Waals surface area contributed by atoms with Crippen LogP contribution in [0.5, 0.6) is 0 Å². The van der Waals surface area contributed by atoms with E-state index in [0.29, 0.717) is 25.0 Å². The molecule has 1 aromatic rings. The van der Waals surface area contributed by atoms with Gasteiger partial charge < -0.3 is 19.5 Å². The van der Waals surface area contributed by atoms with Crippen molar-refractivity contribution in [3.8, 4) is 0 Å². The fraction of sp³-hybridized carbons (Fsp3) is 0.714. The molecule has 8 nitrogen and oxygen atoms in total. The number of hydrogen-bond acceptors (Lipinski definition) is 5. The Morgan fingerprint density at radius 1 is 1.27 bits per heavy atom. The van der Waals surface area contributed by atoms with Gasteiger partial charge in [-0.2, -0.15) is 0 Å². The van der Waals surface area contributed by atoms with Gasteiger partial charge in [0.2, 0.25) is 0 Å². The van der Waals surface area contributed by atoms with Crippen LogP contribution in [0.15, 0.2) is 6.33 Å². The van der Waals surface area contributed by atoms with Gasteiger partial charge in [-0.15, -0.1) is 10.2 Å². The number of ether oxygens (including phenoxy) is 1. The van der Waals surface area contributed by atoms with Crippen LogP contribution in [-0.2, 0) is 9.53 Å². The first-order valence-electron chi connectivity index (χ1n) is 7.85. The lowest BCUT2D eigenvalue weighted by atomic mass is 9.95. The minimum absolute atomic E-state index is 0.0968. The minimum Gasteiger partial charge on any atom is -0.434 e. The molecule has 1 aliphatic carbocycles. The first-order chi connectivity index (χ1) is 10.7. The van der Waals surface area contributed by atoms with E-state index < -0.39 is 12.2 Å². The molecule has 22 heavy (non-hydrogen) atoms. The van der Waals surface area contributed by atoms with E-state index in [1.807, 2.05) is 6.33 Å². The van der Waals surface area contributed by atoms with Crippen molar-refractivity contribution in [2.75, 3.05) is 19.6 Å². The zero-order valence-electron chi connectivity index (χ0n) is 12.3. The number of cyclic esters (lactones) is 1. The van der Waals surface area contributed by atoms with Gasteiger partial charge in [-0.25, -0.2) is 4.79 Å². The molecular weight excluding hydrogens is 286 g/mol. The van der Waals surface area contributed by atoms with Crippen LogP contribution < -0.4 is 5.32 Å². The molecule has 0 spiro atoms. The molecule has 118 valence electrons. The van der Waals surface area contributed by atoms with Crippen LogP contribution in [0.1, 0.15) is 43.5 Å². The Bertz CT molecular complexity index is 589. The van der Waals surface area contributed by atoms with Crippen molar-refractivity contribution in [3.63, 3.8) is 0 Å². The number of nitrogens with one attached hydrogen (secondary N) is 1. The van der Waals surface area contributed by atoms with E-state index >= 15 is 0 Å². The molecule has 1 saturated carbocycles. The maximum absolute atomic E-state index is 12.3. The second-order valence-electron chi connectivity index (χ2n) is 6.20. The molecule has 2 saturated heterocycles. The van der Waals surface area contributed by atoms with Gasteiger partial charge in [0.25, 0.3) is 5.91 Å². The van der Waals surface area contributed by atoms with Crippen LogP contribution >= 0.6 is 0 Å². The molecule has 0 unspecified atom stereocenters. The summed E-state index contributed by atoms with van der Waals surface area (Å²) in [6.45, 7) is 1.62. The number of carbonyl (C=O) groups excluding carboxylic acids is 2. The monoisotopic (exact) mass is 305 g/mol. The van der Waals surface area contributed by atoms with Gasteiger partial charge in [-0.05, 0) is 25.7 Å². The average Bonchev–Trinajstić information content (AvgIpc) is 3.10. The Labute approximate surface area is 127 Å². The van der Waals surface area contributed by atoms with Crippen LogP contribution in [0.4, 0.5) is 4.79 Å². The Balaban J connectivity index is 1.37. The van der Waals surface area contributed by atoms with Gasteiger partial charge in [-0.3, -0.25) is 4.79 Å². The molecular formula is C14H19N5O3. The quantitative estimate of drug-likeness (QED) is 0.874. The predicted molar refractivity (Wildman–Crippen MR) is 75.1 cm³/mol. The summed E-state index contributed by atoms with van der Waals surface area (Å²) in [7, 11) is 0. The third-order valence-corrected chi connectivity index (χ3v) is 4.67. The number of piperidine rings is 1. The van der Waals surface area contributed by atoms with Crippen LogP contribution in [0.25, 0.3) is 0 Å². The molecule has 3 fully saturated rings. The summed E-state index contributed by atoms with van der Waals surface area (Å²) in [5.74, 6) is 1.32. The summed E-state index contributed by atoms with van der Waals surface area (Å²) >= 11 is 0. The highest BCUT2D eigenvalue weighted by molar-refractivity contribution is 5.86. The Kier molecular flexibility index (Phi) is 3.24. The Hall–Kier alpha value is -2.12. The smallest absolute Gasteiger partial charge is 0.408 e. The van der Waals surface area contributed by atoms with Crippen molar-refractivity contribution < 1.29 is 14.3 Å². The van der Waals surface area contributed by atoms with E-state index in [2.05, 4.69) is 20.1 Å². The van der Waals surface area contributed by atoms with Gasteiger partial charge in [0.15, 0.2) is 6.10 Å². The molecule has 1 N–H and O–H groups in total. The molecule has 4 rings (SSSR count). The molecule has 0 bridgehead atoms. The summed E-state index contributed by atoms with van der Waals surface area (Å²) in [6.07, 6.45) is 4.83. The number of alkyl carbamates (subject to hydrolysis) is 1. The fourth-order valence-corrected chi connectivity index (χ4v) is 3.27. The molecule has 1 aromatic heterocycles. The van der Waals surface area contributed by atoms with Crippen molar-refractivity contribution in [3.05, 3.63) is 12.2 Å². The van der Waals surface area contributed by atoms with Crippen LogP contribution in [0, 0.1) is 0 Å². The van der Waals surface area contributed by atoms with Crippen LogP contribution in [-0.4, -0.2) is 57.4 Å². The lowest BCUT2D eigenvalue weighted by Crippen LogP contribution is -2.44. The highest BCUT2D eigenvalue weighted by atomic mass is 16.6. The maximum Gasteiger partial charge on any atom is 0.408 e. The third kappa shape index (κ3) is 2.42. The fourth-order valence-electron chi connectivity index (χ4n) is 3.27. The van der Waals surface area contributed by atoms with Gasteiger partial charge in [-0.1, -0.05) is 0 Å². The van der Waals surface area contributed by atoms with Gasteiger partial charge in [0.1, 0.15) is 12.2 Å². The van der Waals surface area contributed by atoms with Crippen molar-refractivity contribution >= 4 is 12.0 Å². The minimum atomic E-state index is -0.667. The number of rotatable bonds is 3. The number of carbonyl (C=O) groups is 2. The highest BCUT2D eigenvalue weighted by Crippen LogP contribution is 2.38. The first-order valence-corrected chi connectivity index (χ1v) is 7.85. The van der Waals surface area contributed by atoms with Crippen LogP contribution in [0.3, 0.4) is 0 Å². The number of nitrogens with zero attached hydrogens (tertiary/aromatic N) is 4. The van der Waals surface area contributed by atoms with Crippen molar-refractivity contribution in [1.29, 1.82) is 0 Å². The lowest BCUT2D eigenvalue weighted by molar-refractivity contribution is -0.139.